The maximum absolute atomic E-state index is 15.0. The van der Waals surface area contributed by atoms with Crippen LogP contribution in [0.5, 0.6) is 11.8 Å². The first-order chi connectivity index (χ1) is 31.1. The molecule has 1 fully saturated rings. The summed E-state index contributed by atoms with van der Waals surface area (Å²) in [6, 6.07) is 14.1. The van der Waals surface area contributed by atoms with Crippen molar-refractivity contribution in [3.63, 3.8) is 0 Å². The number of halogens is 4. The number of H-pyrrole nitrogens is 2. The first-order valence-corrected chi connectivity index (χ1v) is 23.1. The molecule has 8 rings (SSSR count). The van der Waals surface area contributed by atoms with Gasteiger partial charge in [-0.25, -0.2) is 44.4 Å². The fraction of sp³-hybridized carbons (Fsp3) is 0.256. The number of ketones is 2. The minimum absolute atomic E-state index is 0.106. The molecule has 0 saturated heterocycles. The number of aromatic amines is 2. The van der Waals surface area contributed by atoms with Crippen LogP contribution in [0.3, 0.4) is 0 Å². The zero-order chi connectivity index (χ0) is 46.5. The Kier molecular flexibility index (Phi) is 13.8. The van der Waals surface area contributed by atoms with Crippen molar-refractivity contribution in [2.45, 2.75) is 50.3 Å². The number of pyridine rings is 2. The second-order valence-electron chi connectivity index (χ2n) is 15.0. The Labute approximate surface area is 369 Å². The molecule has 1 aliphatic carbocycles. The zero-order valence-corrected chi connectivity index (χ0v) is 36.3. The van der Waals surface area contributed by atoms with Crippen molar-refractivity contribution in [1.82, 2.24) is 30.4 Å². The van der Waals surface area contributed by atoms with E-state index in [-0.39, 0.29) is 29.4 Å². The second-order valence-corrected chi connectivity index (χ2v) is 18.5. The molecule has 4 heterocycles. The van der Waals surface area contributed by atoms with Crippen molar-refractivity contribution >= 4 is 65.1 Å². The molecule has 16 nitrogen and oxygen atoms in total. The lowest BCUT2D eigenvalue weighted by Crippen LogP contribution is -2.19. The summed E-state index contributed by atoms with van der Waals surface area (Å²) >= 11 is 0. The van der Waals surface area contributed by atoms with Crippen molar-refractivity contribution in [3.8, 4) is 11.8 Å². The van der Waals surface area contributed by atoms with Crippen LogP contribution in [0.1, 0.15) is 64.4 Å². The van der Waals surface area contributed by atoms with Gasteiger partial charge in [-0.2, -0.15) is 0 Å². The summed E-state index contributed by atoms with van der Waals surface area (Å²) in [5.41, 5.74) is -0.980. The monoisotopic (exact) mass is 936 g/mol. The molecule has 22 heteroatoms. The maximum Gasteiger partial charge on any atom is 0.261 e. The summed E-state index contributed by atoms with van der Waals surface area (Å²) in [5.74, 6) is -5.56. The predicted molar refractivity (Wildman–Crippen MR) is 231 cm³/mol. The second kappa shape index (κ2) is 19.4. The molecule has 7 aromatic rings. The van der Waals surface area contributed by atoms with Gasteiger partial charge in [0.1, 0.15) is 11.6 Å². The minimum atomic E-state index is -4.13. The number of ether oxygens (including phenoxy) is 2. The van der Waals surface area contributed by atoms with E-state index in [0.717, 1.165) is 37.1 Å². The average Bonchev–Trinajstić information content (AvgIpc) is 3.86. The van der Waals surface area contributed by atoms with Gasteiger partial charge in [0.15, 0.2) is 34.5 Å². The quantitative estimate of drug-likeness (QED) is 0.0515. The Hall–Kier alpha value is -6.94. The average molecular weight is 937 g/mol. The van der Waals surface area contributed by atoms with Gasteiger partial charge >= 0.3 is 0 Å². The summed E-state index contributed by atoms with van der Waals surface area (Å²) in [6.45, 7) is 2.20. The number of aromatic nitrogens is 6. The highest BCUT2D eigenvalue weighted by Crippen LogP contribution is 2.31. The van der Waals surface area contributed by atoms with Crippen molar-refractivity contribution in [3.05, 3.63) is 125 Å². The molecule has 3 aromatic carbocycles. The summed E-state index contributed by atoms with van der Waals surface area (Å²) in [6.07, 6.45) is 5.82. The SMILES string of the molecule is CCCS(=O)(=O)Nc1ccc(F)c(C(=O)Cc2cnc3[nH]nc(OCC4CCC4)c3c2)c1F.COc1n[nH]c2ncc(CC(=O)c3c(F)ccc(NS(=O)(=O)c4ccccc4)c3F)cc12. The number of Topliss-reactive ketones (excluding diaryl/α,β-unsaturated/α-hetero) is 2. The molecule has 0 bridgehead atoms. The zero-order valence-electron chi connectivity index (χ0n) is 34.6. The van der Waals surface area contributed by atoms with Gasteiger partial charge in [0.2, 0.25) is 21.8 Å². The van der Waals surface area contributed by atoms with Crippen LogP contribution in [-0.4, -0.2) is 78.2 Å². The van der Waals surface area contributed by atoms with Crippen LogP contribution in [-0.2, 0) is 32.9 Å². The number of hydrogen-bond acceptors (Lipinski definition) is 12. The lowest BCUT2D eigenvalue weighted by Gasteiger charge is -2.24. The van der Waals surface area contributed by atoms with Gasteiger partial charge in [0.25, 0.3) is 10.0 Å². The van der Waals surface area contributed by atoms with E-state index >= 15 is 4.39 Å². The van der Waals surface area contributed by atoms with Gasteiger partial charge in [0, 0.05) is 25.2 Å². The van der Waals surface area contributed by atoms with Crippen LogP contribution in [0.4, 0.5) is 28.9 Å². The number of anilines is 2. The Bertz CT molecular complexity index is 3130. The van der Waals surface area contributed by atoms with Crippen molar-refractivity contribution in [1.29, 1.82) is 0 Å². The molecule has 0 amide bonds. The van der Waals surface area contributed by atoms with Gasteiger partial charge in [-0.3, -0.25) is 29.2 Å². The van der Waals surface area contributed by atoms with Crippen LogP contribution in [0, 0.1) is 29.2 Å². The number of carbonyl (C=O) groups excluding carboxylic acids is 2. The van der Waals surface area contributed by atoms with E-state index in [1.54, 1.807) is 25.1 Å². The molecule has 4 aromatic heterocycles. The highest BCUT2D eigenvalue weighted by atomic mass is 32.2. The van der Waals surface area contributed by atoms with E-state index in [4.69, 9.17) is 9.47 Å². The number of sulfonamides is 2. The normalized spacial score (nSPS) is 12.9. The predicted octanol–water partition coefficient (Wildman–Crippen LogP) is 7.46. The molecule has 65 heavy (non-hydrogen) atoms. The number of nitrogens with zero attached hydrogens (tertiary/aromatic N) is 4. The van der Waals surface area contributed by atoms with Crippen LogP contribution >= 0.6 is 0 Å². The molecule has 1 aliphatic rings. The number of fused-ring (bicyclic) bond motifs is 2. The molecule has 1 saturated carbocycles. The van der Waals surface area contributed by atoms with E-state index in [1.807, 2.05) is 0 Å². The summed E-state index contributed by atoms with van der Waals surface area (Å²) in [4.78, 5) is 33.7. The topological polar surface area (TPSA) is 228 Å². The Balaban J connectivity index is 0.000000194. The Morgan fingerprint density at radius 3 is 1.77 bits per heavy atom. The molecule has 0 spiro atoms. The van der Waals surface area contributed by atoms with Gasteiger partial charge in [-0.1, -0.05) is 31.5 Å². The third-order valence-electron chi connectivity index (χ3n) is 10.3. The van der Waals surface area contributed by atoms with Gasteiger partial charge < -0.3 is 9.47 Å². The number of rotatable bonds is 17. The third kappa shape index (κ3) is 10.5. The van der Waals surface area contributed by atoms with E-state index in [0.29, 0.717) is 58.0 Å². The molecule has 0 unspecified atom stereocenters. The fourth-order valence-corrected chi connectivity index (χ4v) is 8.99. The van der Waals surface area contributed by atoms with Crippen LogP contribution < -0.4 is 18.9 Å². The first kappa shape index (κ1) is 46.1. The van der Waals surface area contributed by atoms with Crippen LogP contribution in [0.2, 0.25) is 0 Å². The summed E-state index contributed by atoms with van der Waals surface area (Å²) in [7, 11) is -6.53. The molecule has 0 atom stereocenters. The standard InChI is InChI=1S/C22H24F2N4O4S.C21H16F2N4O4S/c1-2-8-33(30,31)28-17-7-6-16(23)19(20(17)24)18(29)10-14-9-15-21(25-11-14)26-27-22(15)32-12-13-4-3-5-13;1-31-21-14-9-12(11-24-20(14)25-26-21)10-17(28)18-15(22)7-8-16(19(18)23)27-32(29,30)13-5-3-2-4-6-13/h6-7,9,11,13,28H,2-5,8,10,12H2,1H3,(H,25,26,27);2-9,11,27H,10H2,1H3,(H,24,25,26). The van der Waals surface area contributed by atoms with Crippen LogP contribution in [0.15, 0.2) is 84.0 Å². The Morgan fingerprint density at radius 1 is 0.738 bits per heavy atom. The van der Waals surface area contributed by atoms with Crippen molar-refractivity contribution < 1.29 is 53.5 Å². The van der Waals surface area contributed by atoms with Gasteiger partial charge in [-0.15, -0.1) is 10.2 Å². The van der Waals surface area contributed by atoms with Crippen molar-refractivity contribution in [2.24, 2.45) is 5.92 Å². The third-order valence-corrected chi connectivity index (χ3v) is 13.1. The van der Waals surface area contributed by atoms with Crippen molar-refractivity contribution in [2.75, 3.05) is 28.9 Å². The number of nitrogens with one attached hydrogen (secondary N) is 4. The smallest absolute Gasteiger partial charge is 0.261 e. The number of hydrogen-bond donors (Lipinski definition) is 4. The lowest BCUT2D eigenvalue weighted by atomic mass is 9.86. The minimum Gasteiger partial charge on any atom is -0.479 e. The Morgan fingerprint density at radius 2 is 1.26 bits per heavy atom. The van der Waals surface area contributed by atoms with E-state index < -0.39 is 77.4 Å². The highest BCUT2D eigenvalue weighted by Gasteiger charge is 2.26. The number of benzene rings is 3. The van der Waals surface area contributed by atoms with Crippen LogP contribution in [0.25, 0.3) is 22.1 Å². The van der Waals surface area contributed by atoms with Gasteiger partial charge in [-0.05, 0) is 84.8 Å². The summed E-state index contributed by atoms with van der Waals surface area (Å²) in [5, 5.41) is 14.5. The molecule has 0 aliphatic heterocycles. The molecular weight excluding hydrogens is 897 g/mol. The largest absolute Gasteiger partial charge is 0.479 e. The van der Waals surface area contributed by atoms with E-state index in [2.05, 4.69) is 39.8 Å². The fourth-order valence-electron chi connectivity index (χ4n) is 6.78. The molecular formula is C43H40F4N8O8S2. The molecule has 340 valence electrons. The highest BCUT2D eigenvalue weighted by molar-refractivity contribution is 7.93. The lowest BCUT2D eigenvalue weighted by molar-refractivity contribution is 0.0976. The maximum atomic E-state index is 15.0. The first-order valence-electron chi connectivity index (χ1n) is 20.0. The molecule has 4 N–H and O–H groups in total. The molecule has 0 radical (unpaired) electrons. The van der Waals surface area contributed by atoms with Gasteiger partial charge in [0.05, 0.1) is 57.6 Å². The van der Waals surface area contributed by atoms with E-state index in [9.17, 15) is 39.6 Å². The number of carbonyl (C=O) groups is 2. The number of methoxy groups -OCH3 is 1. The van der Waals surface area contributed by atoms with E-state index in [1.165, 1.54) is 50.2 Å². The summed E-state index contributed by atoms with van der Waals surface area (Å²) < 4.78 is 123.